The van der Waals surface area contributed by atoms with Crippen molar-refractivity contribution in [3.05, 3.63) is 11.9 Å². The van der Waals surface area contributed by atoms with E-state index in [1.54, 1.807) is 10.9 Å². The van der Waals surface area contributed by atoms with Gasteiger partial charge in [-0.1, -0.05) is 6.92 Å². The Bertz CT molecular complexity index is 339. The average molecular weight is 225 g/mol. The van der Waals surface area contributed by atoms with Crippen LogP contribution in [0.25, 0.3) is 0 Å². The molecule has 0 aromatic carbocycles. The predicted molar refractivity (Wildman–Crippen MR) is 61.7 cm³/mol. The Balaban J connectivity index is 2.92. The Morgan fingerprint density at radius 3 is 2.81 bits per heavy atom. The summed E-state index contributed by atoms with van der Waals surface area (Å²) < 4.78 is 6.76. The summed E-state index contributed by atoms with van der Waals surface area (Å²) in [5.74, 6) is 0.515. The number of rotatable bonds is 6. The van der Waals surface area contributed by atoms with Crippen molar-refractivity contribution in [2.75, 3.05) is 7.11 Å². The summed E-state index contributed by atoms with van der Waals surface area (Å²) in [5.41, 5.74) is 6.29. The zero-order valence-corrected chi connectivity index (χ0v) is 10.1. The molecule has 1 heterocycles. The van der Waals surface area contributed by atoms with Crippen LogP contribution < -0.4 is 10.5 Å². The number of ether oxygens (including phenoxy) is 1. The molecule has 0 saturated carbocycles. The first-order chi connectivity index (χ1) is 7.63. The molecule has 1 rings (SSSR count). The lowest BCUT2D eigenvalue weighted by atomic mass is 10.1. The quantitative estimate of drug-likeness (QED) is 0.739. The molecule has 5 heteroatoms. The fourth-order valence-corrected chi connectivity index (χ4v) is 1.52. The Kier molecular flexibility index (Phi) is 4.49. The normalized spacial score (nSPS) is 12.5. The Hall–Kier alpha value is -1.36. The van der Waals surface area contributed by atoms with Crippen LogP contribution in [-0.2, 0) is 6.54 Å². The van der Waals surface area contributed by atoms with Crippen LogP contribution in [0, 0.1) is 0 Å². The monoisotopic (exact) mass is 225 g/mol. The van der Waals surface area contributed by atoms with Gasteiger partial charge in [-0.25, -0.2) is 0 Å². The van der Waals surface area contributed by atoms with E-state index in [0.29, 0.717) is 24.4 Å². The topological polar surface area (TPSA) is 70.1 Å². The van der Waals surface area contributed by atoms with Gasteiger partial charge < -0.3 is 10.5 Å². The highest BCUT2D eigenvalue weighted by atomic mass is 16.5. The summed E-state index contributed by atoms with van der Waals surface area (Å²) in [4.78, 5) is 12.0. The molecule has 2 N–H and O–H groups in total. The molecule has 0 aliphatic heterocycles. The van der Waals surface area contributed by atoms with Crippen molar-refractivity contribution in [3.8, 4) is 5.75 Å². The second kappa shape index (κ2) is 5.65. The minimum absolute atomic E-state index is 0.00875. The van der Waals surface area contributed by atoms with Crippen molar-refractivity contribution >= 4 is 5.78 Å². The van der Waals surface area contributed by atoms with Gasteiger partial charge in [0.05, 0.1) is 13.3 Å². The lowest BCUT2D eigenvalue weighted by Gasteiger charge is -2.09. The molecule has 0 amide bonds. The lowest BCUT2D eigenvalue weighted by molar-refractivity contribution is 0.0960. The van der Waals surface area contributed by atoms with Crippen LogP contribution in [-0.4, -0.2) is 28.7 Å². The zero-order chi connectivity index (χ0) is 12.1. The highest BCUT2D eigenvalue weighted by molar-refractivity contribution is 5.97. The molecule has 1 atom stereocenters. The molecule has 0 spiro atoms. The maximum atomic E-state index is 12.0. The number of hydrogen-bond donors (Lipinski definition) is 1. The number of aromatic nitrogens is 2. The molecule has 0 aliphatic carbocycles. The van der Waals surface area contributed by atoms with Crippen LogP contribution in [0.2, 0.25) is 0 Å². The average Bonchev–Trinajstić information content (AvgIpc) is 2.71. The van der Waals surface area contributed by atoms with Crippen LogP contribution >= 0.6 is 0 Å². The first kappa shape index (κ1) is 12.7. The first-order valence-electron chi connectivity index (χ1n) is 5.52. The van der Waals surface area contributed by atoms with Crippen LogP contribution in [0.5, 0.6) is 5.75 Å². The Labute approximate surface area is 95.6 Å². The highest BCUT2D eigenvalue weighted by Gasteiger charge is 2.20. The summed E-state index contributed by atoms with van der Waals surface area (Å²) in [6, 6.07) is -0.0996. The van der Waals surface area contributed by atoms with Gasteiger partial charge >= 0.3 is 0 Å². The summed E-state index contributed by atoms with van der Waals surface area (Å²) in [6.45, 7) is 4.54. The molecule has 1 unspecified atom stereocenters. The van der Waals surface area contributed by atoms with Crippen molar-refractivity contribution < 1.29 is 9.53 Å². The maximum Gasteiger partial charge on any atom is 0.186 e. The molecule has 0 radical (unpaired) electrons. The Morgan fingerprint density at radius 2 is 2.31 bits per heavy atom. The highest BCUT2D eigenvalue weighted by Crippen LogP contribution is 2.19. The van der Waals surface area contributed by atoms with Gasteiger partial charge in [-0.05, 0) is 13.3 Å². The summed E-state index contributed by atoms with van der Waals surface area (Å²) in [7, 11) is 1.54. The number of aryl methyl sites for hydroxylation is 1. The third kappa shape index (κ3) is 2.61. The number of carbonyl (C=O) groups is 1. The predicted octanol–water partition coefficient (Wildman–Crippen LogP) is 1.22. The molecule has 16 heavy (non-hydrogen) atoms. The Morgan fingerprint density at radius 1 is 1.62 bits per heavy atom. The van der Waals surface area contributed by atoms with Crippen LogP contribution in [0.1, 0.15) is 37.2 Å². The fraction of sp³-hybridized carbons (Fsp3) is 0.636. The van der Waals surface area contributed by atoms with Crippen molar-refractivity contribution in [1.29, 1.82) is 0 Å². The van der Waals surface area contributed by atoms with E-state index in [4.69, 9.17) is 10.5 Å². The van der Waals surface area contributed by atoms with E-state index in [1.165, 1.54) is 7.11 Å². The second-order valence-electron chi connectivity index (χ2n) is 3.67. The van der Waals surface area contributed by atoms with Gasteiger partial charge in [0.15, 0.2) is 11.5 Å². The second-order valence-corrected chi connectivity index (χ2v) is 3.67. The van der Waals surface area contributed by atoms with Gasteiger partial charge in [0.1, 0.15) is 5.69 Å². The third-order valence-electron chi connectivity index (χ3n) is 2.56. The number of ketones is 1. The third-order valence-corrected chi connectivity index (χ3v) is 2.56. The van der Waals surface area contributed by atoms with Crippen molar-refractivity contribution in [2.24, 2.45) is 5.73 Å². The number of carbonyl (C=O) groups excluding carboxylic acids is 1. The summed E-state index contributed by atoms with van der Waals surface area (Å²) in [5, 5.41) is 4.09. The fourth-order valence-electron chi connectivity index (χ4n) is 1.52. The van der Waals surface area contributed by atoms with E-state index in [-0.39, 0.29) is 11.8 Å². The van der Waals surface area contributed by atoms with Gasteiger partial charge in [0.25, 0.3) is 0 Å². The van der Waals surface area contributed by atoms with Gasteiger partial charge in [0.2, 0.25) is 0 Å². The van der Waals surface area contributed by atoms with Crippen LogP contribution in [0.3, 0.4) is 0 Å². The van der Waals surface area contributed by atoms with E-state index in [0.717, 1.165) is 6.42 Å². The largest absolute Gasteiger partial charge is 0.493 e. The molecule has 90 valence electrons. The first-order valence-corrected chi connectivity index (χ1v) is 5.52. The van der Waals surface area contributed by atoms with Crippen LogP contribution in [0.15, 0.2) is 6.20 Å². The maximum absolute atomic E-state index is 12.0. The van der Waals surface area contributed by atoms with E-state index in [2.05, 4.69) is 5.10 Å². The van der Waals surface area contributed by atoms with Crippen LogP contribution in [0.4, 0.5) is 0 Å². The van der Waals surface area contributed by atoms with Gasteiger partial charge in [0, 0.05) is 19.0 Å². The minimum Gasteiger partial charge on any atom is -0.493 e. The van der Waals surface area contributed by atoms with Crippen molar-refractivity contribution in [2.45, 2.75) is 39.3 Å². The molecule has 0 bridgehead atoms. The molecule has 5 nitrogen and oxygen atoms in total. The molecule has 1 aromatic heterocycles. The number of Topliss-reactive ketones (excluding diaryl/α,β-unsaturated/α-hetero) is 1. The molecule has 0 aliphatic rings. The van der Waals surface area contributed by atoms with E-state index < -0.39 is 0 Å². The molecule has 1 aromatic rings. The van der Waals surface area contributed by atoms with E-state index in [1.807, 2.05) is 13.8 Å². The number of hydrogen-bond acceptors (Lipinski definition) is 4. The number of nitrogens with zero attached hydrogens (tertiary/aromatic N) is 2. The molecule has 0 saturated heterocycles. The molecular weight excluding hydrogens is 206 g/mol. The number of nitrogens with two attached hydrogens (primary N) is 1. The summed E-state index contributed by atoms with van der Waals surface area (Å²) >= 11 is 0. The number of methoxy groups -OCH3 is 1. The van der Waals surface area contributed by atoms with E-state index >= 15 is 0 Å². The summed E-state index contributed by atoms with van der Waals surface area (Å²) in [6.07, 6.45) is 2.68. The van der Waals surface area contributed by atoms with Crippen molar-refractivity contribution in [3.63, 3.8) is 0 Å². The van der Waals surface area contributed by atoms with Crippen molar-refractivity contribution in [1.82, 2.24) is 9.78 Å². The van der Waals surface area contributed by atoms with E-state index in [9.17, 15) is 4.79 Å². The molecular formula is C11H19N3O2. The smallest absolute Gasteiger partial charge is 0.186 e. The van der Waals surface area contributed by atoms with Gasteiger partial charge in [-0.15, -0.1) is 0 Å². The van der Waals surface area contributed by atoms with Gasteiger partial charge in [-0.3, -0.25) is 9.48 Å². The van der Waals surface area contributed by atoms with Gasteiger partial charge in [-0.2, -0.15) is 5.10 Å². The lowest BCUT2D eigenvalue weighted by Crippen LogP contribution is -2.24. The molecule has 0 fully saturated rings. The SMILES string of the molecule is CCC(N)CC(=O)c1c(OC)cnn1CC. The minimum atomic E-state index is -0.0996. The standard InChI is InChI=1S/C11H19N3O2/c1-4-8(12)6-9(15)11-10(16-3)7-13-14(11)5-2/h7-8H,4-6,12H2,1-3H3. The zero-order valence-electron chi connectivity index (χ0n) is 10.1.